The van der Waals surface area contributed by atoms with Gasteiger partial charge in [0, 0.05) is 11.4 Å². The van der Waals surface area contributed by atoms with Crippen molar-refractivity contribution < 1.29 is 28.6 Å². The lowest BCUT2D eigenvalue weighted by molar-refractivity contribution is 0.0555. The average molecular weight is 343 g/mol. The molecule has 2 aromatic rings. The van der Waals surface area contributed by atoms with Crippen LogP contribution in [-0.2, 0) is 14.2 Å². The van der Waals surface area contributed by atoms with Crippen molar-refractivity contribution in [1.82, 2.24) is 0 Å². The number of ether oxygens (including phenoxy) is 3. The Morgan fingerprint density at radius 2 is 1.20 bits per heavy atom. The first kappa shape index (κ1) is 18.0. The highest BCUT2D eigenvalue weighted by Crippen LogP contribution is 2.22. The summed E-state index contributed by atoms with van der Waals surface area (Å²) < 4.78 is 14.0. The van der Waals surface area contributed by atoms with Crippen molar-refractivity contribution in [3.63, 3.8) is 0 Å². The van der Waals surface area contributed by atoms with Crippen molar-refractivity contribution in [1.29, 1.82) is 0 Å². The van der Waals surface area contributed by atoms with Gasteiger partial charge < -0.3 is 19.5 Å². The summed E-state index contributed by atoms with van der Waals surface area (Å²) in [4.78, 5) is 35.1. The molecule has 0 fully saturated rings. The largest absolute Gasteiger partial charge is 0.465 e. The minimum absolute atomic E-state index is 0.0885. The van der Waals surface area contributed by atoms with E-state index in [0.717, 1.165) is 0 Å². The fourth-order valence-corrected chi connectivity index (χ4v) is 2.16. The highest BCUT2D eigenvalue weighted by Gasteiger charge is 2.19. The molecule has 0 aromatic heterocycles. The Kier molecular flexibility index (Phi) is 5.73. The average Bonchev–Trinajstić information content (AvgIpc) is 2.66. The van der Waals surface area contributed by atoms with Gasteiger partial charge in [-0.05, 0) is 42.5 Å². The van der Waals surface area contributed by atoms with Crippen molar-refractivity contribution >= 4 is 29.3 Å². The SMILES string of the molecule is COC(=O)c1ccc(Nc2ccc(C(=O)OC)c(C(=O)OC)c2)cc1. The Morgan fingerprint density at radius 1 is 0.680 bits per heavy atom. The van der Waals surface area contributed by atoms with Crippen molar-refractivity contribution in [3.8, 4) is 0 Å². The predicted octanol–water partition coefficient (Wildman–Crippen LogP) is 2.79. The van der Waals surface area contributed by atoms with Crippen molar-refractivity contribution in [2.75, 3.05) is 26.6 Å². The van der Waals surface area contributed by atoms with Gasteiger partial charge in [-0.15, -0.1) is 0 Å². The standard InChI is InChI=1S/C18H17NO6/c1-23-16(20)11-4-6-12(7-5-11)19-13-8-9-14(17(21)24-2)15(10-13)18(22)25-3/h4-10,19H,1-3H3. The second-order valence-electron chi connectivity index (χ2n) is 4.94. The third-order valence-electron chi connectivity index (χ3n) is 3.42. The maximum atomic E-state index is 11.9. The lowest BCUT2D eigenvalue weighted by Crippen LogP contribution is -2.12. The van der Waals surface area contributed by atoms with Crippen molar-refractivity contribution in [2.24, 2.45) is 0 Å². The molecule has 130 valence electrons. The molecular formula is C18H17NO6. The van der Waals surface area contributed by atoms with Crippen LogP contribution >= 0.6 is 0 Å². The number of carbonyl (C=O) groups excluding carboxylic acids is 3. The molecule has 0 aliphatic heterocycles. The number of hydrogen-bond donors (Lipinski definition) is 1. The number of hydrogen-bond acceptors (Lipinski definition) is 7. The number of rotatable bonds is 5. The predicted molar refractivity (Wildman–Crippen MR) is 90.2 cm³/mol. The third kappa shape index (κ3) is 4.14. The van der Waals surface area contributed by atoms with Crippen LogP contribution in [0.15, 0.2) is 42.5 Å². The Labute approximate surface area is 144 Å². The van der Waals surface area contributed by atoms with Crippen LogP contribution in [0.5, 0.6) is 0 Å². The summed E-state index contributed by atoms with van der Waals surface area (Å²) in [6.45, 7) is 0. The highest BCUT2D eigenvalue weighted by molar-refractivity contribution is 6.04. The zero-order valence-electron chi connectivity index (χ0n) is 14.0. The molecule has 1 N–H and O–H groups in total. The minimum Gasteiger partial charge on any atom is -0.465 e. The maximum Gasteiger partial charge on any atom is 0.338 e. The molecule has 2 aromatic carbocycles. The maximum absolute atomic E-state index is 11.9. The summed E-state index contributed by atoms with van der Waals surface area (Å²) in [5.74, 6) is -1.71. The van der Waals surface area contributed by atoms with E-state index in [-0.39, 0.29) is 11.1 Å². The van der Waals surface area contributed by atoms with Gasteiger partial charge in [0.15, 0.2) is 0 Å². The summed E-state index contributed by atoms with van der Waals surface area (Å²) in [6, 6.07) is 11.2. The Bertz CT molecular complexity index is 798. The van der Waals surface area contributed by atoms with Crippen LogP contribution in [0.2, 0.25) is 0 Å². The molecule has 0 aliphatic carbocycles. The van der Waals surface area contributed by atoms with Crippen LogP contribution in [0.3, 0.4) is 0 Å². The summed E-state index contributed by atoms with van der Waals surface area (Å²) in [5, 5.41) is 3.08. The number of benzene rings is 2. The summed E-state index contributed by atoms with van der Waals surface area (Å²) in [7, 11) is 3.78. The number of carbonyl (C=O) groups is 3. The third-order valence-corrected chi connectivity index (χ3v) is 3.42. The minimum atomic E-state index is -0.648. The van der Waals surface area contributed by atoms with Gasteiger partial charge in [-0.25, -0.2) is 14.4 Å². The van der Waals surface area contributed by atoms with Gasteiger partial charge in [0.2, 0.25) is 0 Å². The lowest BCUT2D eigenvalue weighted by atomic mass is 10.1. The molecule has 0 saturated carbocycles. The van der Waals surface area contributed by atoms with Gasteiger partial charge in [-0.3, -0.25) is 0 Å². The first-order valence-electron chi connectivity index (χ1n) is 7.26. The van der Waals surface area contributed by atoms with E-state index in [9.17, 15) is 14.4 Å². The Hall–Kier alpha value is -3.35. The highest BCUT2D eigenvalue weighted by atomic mass is 16.5. The van der Waals surface area contributed by atoms with Crippen LogP contribution in [0.4, 0.5) is 11.4 Å². The van der Waals surface area contributed by atoms with Crippen LogP contribution < -0.4 is 5.32 Å². The molecule has 0 atom stereocenters. The molecule has 7 nitrogen and oxygen atoms in total. The zero-order chi connectivity index (χ0) is 18.4. The quantitative estimate of drug-likeness (QED) is 0.659. The molecule has 0 amide bonds. The molecule has 0 radical (unpaired) electrons. The van der Waals surface area contributed by atoms with Gasteiger partial charge in [-0.1, -0.05) is 0 Å². The smallest absolute Gasteiger partial charge is 0.338 e. The fraction of sp³-hybridized carbons (Fsp3) is 0.167. The fourth-order valence-electron chi connectivity index (χ4n) is 2.16. The molecule has 0 unspecified atom stereocenters. The zero-order valence-corrected chi connectivity index (χ0v) is 14.0. The molecule has 0 saturated heterocycles. The number of esters is 3. The van der Waals surface area contributed by atoms with E-state index >= 15 is 0 Å². The van der Waals surface area contributed by atoms with Crippen LogP contribution in [0, 0.1) is 0 Å². The van der Waals surface area contributed by atoms with Crippen LogP contribution in [-0.4, -0.2) is 39.2 Å². The molecule has 0 aliphatic rings. The van der Waals surface area contributed by atoms with E-state index in [0.29, 0.717) is 16.9 Å². The first-order chi connectivity index (χ1) is 12.0. The van der Waals surface area contributed by atoms with Crippen molar-refractivity contribution in [2.45, 2.75) is 0 Å². The van der Waals surface area contributed by atoms with E-state index < -0.39 is 17.9 Å². The second-order valence-corrected chi connectivity index (χ2v) is 4.94. The van der Waals surface area contributed by atoms with E-state index in [1.54, 1.807) is 30.3 Å². The lowest BCUT2D eigenvalue weighted by Gasteiger charge is -2.11. The first-order valence-corrected chi connectivity index (χ1v) is 7.26. The second kappa shape index (κ2) is 7.96. The van der Waals surface area contributed by atoms with Gasteiger partial charge in [0.05, 0.1) is 38.0 Å². The van der Waals surface area contributed by atoms with E-state index in [4.69, 9.17) is 4.74 Å². The van der Waals surface area contributed by atoms with Crippen molar-refractivity contribution in [3.05, 3.63) is 59.2 Å². The number of methoxy groups -OCH3 is 3. The molecule has 0 bridgehead atoms. The molecular weight excluding hydrogens is 326 g/mol. The Balaban J connectivity index is 2.29. The molecule has 0 spiro atoms. The monoisotopic (exact) mass is 343 g/mol. The number of nitrogens with one attached hydrogen (secondary N) is 1. The summed E-state index contributed by atoms with van der Waals surface area (Å²) in [5.41, 5.74) is 1.88. The molecule has 7 heteroatoms. The normalized spacial score (nSPS) is 9.88. The molecule has 0 heterocycles. The van der Waals surface area contributed by atoms with E-state index in [1.165, 1.54) is 33.5 Å². The van der Waals surface area contributed by atoms with Crippen LogP contribution in [0.1, 0.15) is 31.1 Å². The summed E-state index contributed by atoms with van der Waals surface area (Å²) >= 11 is 0. The van der Waals surface area contributed by atoms with Gasteiger partial charge >= 0.3 is 17.9 Å². The molecule has 25 heavy (non-hydrogen) atoms. The van der Waals surface area contributed by atoms with Crippen LogP contribution in [0.25, 0.3) is 0 Å². The summed E-state index contributed by atoms with van der Waals surface area (Å²) in [6.07, 6.45) is 0. The topological polar surface area (TPSA) is 90.9 Å². The Morgan fingerprint density at radius 3 is 1.76 bits per heavy atom. The molecule has 2 rings (SSSR count). The van der Waals surface area contributed by atoms with Gasteiger partial charge in [-0.2, -0.15) is 0 Å². The van der Waals surface area contributed by atoms with E-state index in [2.05, 4.69) is 14.8 Å². The van der Waals surface area contributed by atoms with E-state index in [1.807, 2.05) is 0 Å². The van der Waals surface area contributed by atoms with Gasteiger partial charge in [0.1, 0.15) is 0 Å². The number of anilines is 2. The van der Waals surface area contributed by atoms with Gasteiger partial charge in [0.25, 0.3) is 0 Å².